The Bertz CT molecular complexity index is 500. The first kappa shape index (κ1) is 12.6. The Kier molecular flexibility index (Phi) is 3.26. The highest BCUT2D eigenvalue weighted by Crippen LogP contribution is 2.41. The molecule has 0 aromatic heterocycles. The molecule has 0 N–H and O–H groups in total. The van der Waals surface area contributed by atoms with E-state index in [-0.39, 0.29) is 6.23 Å². The van der Waals surface area contributed by atoms with Gasteiger partial charge in [0.05, 0.1) is 5.70 Å². The van der Waals surface area contributed by atoms with Crippen LogP contribution in [0.15, 0.2) is 35.7 Å². The Morgan fingerprint density at radius 2 is 1.79 bits per heavy atom. The smallest absolute Gasteiger partial charge is 0.173 e. The number of benzene rings is 1. The van der Waals surface area contributed by atoms with Gasteiger partial charge in [-0.25, -0.2) is 0 Å². The van der Waals surface area contributed by atoms with Gasteiger partial charge in [-0.05, 0) is 45.2 Å². The molecule has 19 heavy (non-hydrogen) atoms. The van der Waals surface area contributed by atoms with Crippen molar-refractivity contribution in [2.75, 3.05) is 4.90 Å². The molecule has 0 amide bonds. The van der Waals surface area contributed by atoms with Crippen molar-refractivity contribution < 1.29 is 4.74 Å². The molecule has 3 rings (SSSR count). The largest absolute Gasteiger partial charge is 0.473 e. The van der Waals surface area contributed by atoms with Crippen LogP contribution in [0.4, 0.5) is 5.69 Å². The molecule has 2 heteroatoms. The molecule has 2 aliphatic rings. The van der Waals surface area contributed by atoms with Crippen molar-refractivity contribution in [3.05, 3.63) is 41.3 Å². The fourth-order valence-electron chi connectivity index (χ4n) is 3.50. The van der Waals surface area contributed by atoms with Gasteiger partial charge in [0, 0.05) is 11.6 Å². The minimum absolute atomic E-state index is 0.122. The lowest BCUT2D eigenvalue weighted by Crippen LogP contribution is -2.27. The summed E-state index contributed by atoms with van der Waals surface area (Å²) in [5.41, 5.74) is 3.90. The summed E-state index contributed by atoms with van der Waals surface area (Å²) in [5, 5.41) is 0. The van der Waals surface area contributed by atoms with E-state index in [0.717, 1.165) is 0 Å². The fourth-order valence-corrected chi connectivity index (χ4v) is 3.50. The van der Waals surface area contributed by atoms with Crippen molar-refractivity contribution in [1.82, 2.24) is 0 Å². The Hall–Kier alpha value is -1.44. The highest BCUT2D eigenvalue weighted by atomic mass is 16.5. The van der Waals surface area contributed by atoms with Crippen molar-refractivity contribution in [3.63, 3.8) is 0 Å². The van der Waals surface area contributed by atoms with E-state index in [0.29, 0.717) is 5.92 Å². The van der Waals surface area contributed by atoms with Crippen LogP contribution in [0.5, 0.6) is 0 Å². The van der Waals surface area contributed by atoms with Gasteiger partial charge in [-0.1, -0.05) is 31.0 Å². The molecule has 1 unspecified atom stereocenters. The third-order valence-corrected chi connectivity index (χ3v) is 4.48. The van der Waals surface area contributed by atoms with E-state index in [2.05, 4.69) is 49.9 Å². The number of hydrogen-bond donors (Lipinski definition) is 0. The van der Waals surface area contributed by atoms with Crippen molar-refractivity contribution >= 4 is 5.69 Å². The molecular weight excluding hydrogens is 234 g/mol. The van der Waals surface area contributed by atoms with Crippen LogP contribution in [0, 0.1) is 12.8 Å². The molecule has 0 bridgehead atoms. The zero-order valence-corrected chi connectivity index (χ0v) is 12.1. The van der Waals surface area contributed by atoms with Crippen molar-refractivity contribution in [2.24, 2.45) is 5.92 Å². The Balaban J connectivity index is 1.95. The molecule has 1 heterocycles. The maximum absolute atomic E-state index is 6.19. The number of nitrogens with zero attached hydrogens (tertiary/aromatic N) is 1. The van der Waals surface area contributed by atoms with Gasteiger partial charge in [-0.2, -0.15) is 0 Å². The standard InChI is InChI=1S/C17H23NO/c1-12-8-4-7-11-16(12)18-13(2)17(19-14(18)3)15-9-5-6-10-15/h4,7-8,11,14-15H,5-6,9-10H2,1-3H3. The third-order valence-electron chi connectivity index (χ3n) is 4.48. The zero-order chi connectivity index (χ0) is 13.4. The van der Waals surface area contributed by atoms with Crippen LogP contribution < -0.4 is 4.90 Å². The molecule has 1 atom stereocenters. The summed E-state index contributed by atoms with van der Waals surface area (Å²) >= 11 is 0. The molecular formula is C17H23NO. The molecule has 102 valence electrons. The molecule has 0 radical (unpaired) electrons. The lowest BCUT2D eigenvalue weighted by molar-refractivity contribution is 0.136. The maximum atomic E-state index is 6.19. The molecule has 1 aromatic carbocycles. The second-order valence-electron chi connectivity index (χ2n) is 5.80. The maximum Gasteiger partial charge on any atom is 0.173 e. The molecule has 1 fully saturated rings. The predicted octanol–water partition coefficient (Wildman–Crippen LogP) is 4.60. The van der Waals surface area contributed by atoms with Crippen LogP contribution in [0.2, 0.25) is 0 Å². The van der Waals surface area contributed by atoms with Crippen LogP contribution in [0.25, 0.3) is 0 Å². The lowest BCUT2D eigenvalue weighted by Gasteiger charge is -2.25. The molecule has 0 spiro atoms. The first-order valence-electron chi connectivity index (χ1n) is 7.41. The number of allylic oxidation sites excluding steroid dienone is 2. The van der Waals surface area contributed by atoms with E-state index in [4.69, 9.17) is 4.74 Å². The molecule has 2 nitrogen and oxygen atoms in total. The molecule has 1 aliphatic carbocycles. The summed E-state index contributed by atoms with van der Waals surface area (Å²) in [6, 6.07) is 8.56. The normalized spacial score (nSPS) is 24.2. The quantitative estimate of drug-likeness (QED) is 0.767. The highest BCUT2D eigenvalue weighted by Gasteiger charge is 2.34. The van der Waals surface area contributed by atoms with Gasteiger partial charge in [0.1, 0.15) is 5.76 Å². The fraction of sp³-hybridized carbons (Fsp3) is 0.529. The highest BCUT2D eigenvalue weighted by molar-refractivity contribution is 5.59. The summed E-state index contributed by atoms with van der Waals surface area (Å²) in [6.45, 7) is 6.53. The topological polar surface area (TPSA) is 12.5 Å². The van der Waals surface area contributed by atoms with E-state index in [9.17, 15) is 0 Å². The monoisotopic (exact) mass is 257 g/mol. The van der Waals surface area contributed by atoms with Crippen molar-refractivity contribution in [3.8, 4) is 0 Å². The summed E-state index contributed by atoms with van der Waals surface area (Å²) in [6.07, 6.45) is 5.41. The van der Waals surface area contributed by atoms with E-state index >= 15 is 0 Å². The number of para-hydroxylation sites is 1. The minimum Gasteiger partial charge on any atom is -0.473 e. The number of aryl methyl sites for hydroxylation is 1. The summed E-state index contributed by atoms with van der Waals surface area (Å²) < 4.78 is 6.19. The molecule has 1 saturated carbocycles. The van der Waals surface area contributed by atoms with Crippen LogP contribution in [-0.4, -0.2) is 6.23 Å². The Morgan fingerprint density at radius 1 is 1.11 bits per heavy atom. The average molecular weight is 257 g/mol. The van der Waals surface area contributed by atoms with Crippen LogP contribution >= 0.6 is 0 Å². The SMILES string of the molecule is CC1=C(C2CCCC2)OC(C)N1c1ccccc1C. The average Bonchev–Trinajstić information content (AvgIpc) is 3.00. The summed E-state index contributed by atoms with van der Waals surface area (Å²) in [7, 11) is 0. The van der Waals surface area contributed by atoms with Gasteiger partial charge in [0.15, 0.2) is 6.23 Å². The van der Waals surface area contributed by atoms with Crippen LogP contribution in [-0.2, 0) is 4.74 Å². The Morgan fingerprint density at radius 3 is 2.47 bits per heavy atom. The van der Waals surface area contributed by atoms with E-state index in [1.54, 1.807) is 0 Å². The number of rotatable bonds is 2. The number of hydrogen-bond acceptors (Lipinski definition) is 2. The second-order valence-corrected chi connectivity index (χ2v) is 5.80. The number of anilines is 1. The van der Waals surface area contributed by atoms with E-state index in [1.165, 1.54) is 48.4 Å². The van der Waals surface area contributed by atoms with Crippen molar-refractivity contribution in [2.45, 2.75) is 52.7 Å². The minimum atomic E-state index is 0.122. The number of ether oxygens (including phenoxy) is 1. The molecule has 1 aliphatic heterocycles. The van der Waals surface area contributed by atoms with Gasteiger partial charge in [0.2, 0.25) is 0 Å². The van der Waals surface area contributed by atoms with Crippen LogP contribution in [0.3, 0.4) is 0 Å². The zero-order valence-electron chi connectivity index (χ0n) is 12.1. The summed E-state index contributed by atoms with van der Waals surface area (Å²) in [5.74, 6) is 1.89. The van der Waals surface area contributed by atoms with Gasteiger partial charge in [0.25, 0.3) is 0 Å². The molecule has 1 aromatic rings. The summed E-state index contributed by atoms with van der Waals surface area (Å²) in [4.78, 5) is 2.35. The van der Waals surface area contributed by atoms with Gasteiger partial charge >= 0.3 is 0 Å². The first-order chi connectivity index (χ1) is 9.18. The van der Waals surface area contributed by atoms with Gasteiger partial charge in [-0.15, -0.1) is 0 Å². The predicted molar refractivity (Wildman–Crippen MR) is 78.9 cm³/mol. The second kappa shape index (κ2) is 4.92. The lowest BCUT2D eigenvalue weighted by atomic mass is 10.0. The van der Waals surface area contributed by atoms with Crippen molar-refractivity contribution in [1.29, 1.82) is 0 Å². The third kappa shape index (κ3) is 2.13. The van der Waals surface area contributed by atoms with Crippen LogP contribution in [0.1, 0.15) is 45.1 Å². The Labute approximate surface area is 116 Å². The van der Waals surface area contributed by atoms with Gasteiger partial charge in [-0.3, -0.25) is 0 Å². The first-order valence-corrected chi connectivity index (χ1v) is 7.41. The van der Waals surface area contributed by atoms with E-state index < -0.39 is 0 Å². The molecule has 0 saturated heterocycles. The van der Waals surface area contributed by atoms with Gasteiger partial charge < -0.3 is 9.64 Å². The van der Waals surface area contributed by atoms with E-state index in [1.807, 2.05) is 0 Å².